The van der Waals surface area contributed by atoms with Crippen LogP contribution < -0.4 is 9.47 Å². The predicted octanol–water partition coefficient (Wildman–Crippen LogP) is 5.62. The van der Waals surface area contributed by atoms with Crippen LogP contribution in [-0.4, -0.2) is 31.6 Å². The van der Waals surface area contributed by atoms with Crippen LogP contribution in [0.25, 0.3) is 33.3 Å². The van der Waals surface area contributed by atoms with E-state index >= 15 is 0 Å². The molecule has 0 N–H and O–H groups in total. The number of hydrogen-bond acceptors (Lipinski definition) is 5. The molecule has 0 spiro atoms. The predicted molar refractivity (Wildman–Crippen MR) is 133 cm³/mol. The van der Waals surface area contributed by atoms with Crippen molar-refractivity contribution >= 4 is 21.1 Å². The van der Waals surface area contributed by atoms with E-state index in [2.05, 4.69) is 4.98 Å². The molecule has 0 saturated heterocycles. The molecule has 6 nitrogen and oxygen atoms in total. The molecule has 34 heavy (non-hydrogen) atoms. The number of hydrogen-bond donors (Lipinski definition) is 0. The molecular formula is C27H22N2O4S. The van der Waals surface area contributed by atoms with E-state index in [1.165, 1.54) is 3.97 Å². The lowest BCUT2D eigenvalue weighted by atomic mass is 10.1. The molecule has 3 aromatic carbocycles. The minimum atomic E-state index is -3.88. The van der Waals surface area contributed by atoms with Crippen LogP contribution in [0.4, 0.5) is 0 Å². The molecule has 0 amide bonds. The Kier molecular flexibility index (Phi) is 5.55. The molecule has 170 valence electrons. The van der Waals surface area contributed by atoms with Crippen molar-refractivity contribution in [3.8, 4) is 33.8 Å². The third-order valence-corrected chi connectivity index (χ3v) is 7.41. The first kappa shape index (κ1) is 21.7. The average molecular weight is 471 g/mol. The van der Waals surface area contributed by atoms with Crippen molar-refractivity contribution in [2.45, 2.75) is 4.90 Å². The standard InChI is InChI=1S/C27H22N2O4S/c1-32-25-15-12-21(17-26(25)33-2)24-18-29(27-23(24)9-6-16-28-27)34(30,31)22-13-10-20(11-14-22)19-7-4-3-5-8-19/h3-18H,1-2H3. The molecule has 0 bridgehead atoms. The Balaban J connectivity index is 1.62. The second-order valence-electron chi connectivity index (χ2n) is 7.68. The van der Waals surface area contributed by atoms with E-state index in [-0.39, 0.29) is 4.90 Å². The van der Waals surface area contributed by atoms with Crippen molar-refractivity contribution in [1.29, 1.82) is 0 Å². The summed E-state index contributed by atoms with van der Waals surface area (Å²) in [6, 6.07) is 25.9. The Hall–Kier alpha value is -4.10. The number of fused-ring (bicyclic) bond motifs is 1. The molecule has 0 aliphatic carbocycles. The van der Waals surface area contributed by atoms with E-state index in [0.29, 0.717) is 17.1 Å². The summed E-state index contributed by atoms with van der Waals surface area (Å²) in [6.07, 6.45) is 3.20. The van der Waals surface area contributed by atoms with Crippen LogP contribution in [0.5, 0.6) is 11.5 Å². The molecule has 0 saturated carbocycles. The van der Waals surface area contributed by atoms with Gasteiger partial charge >= 0.3 is 0 Å². The summed E-state index contributed by atoms with van der Waals surface area (Å²) in [5.41, 5.74) is 3.85. The van der Waals surface area contributed by atoms with Crippen molar-refractivity contribution in [2.75, 3.05) is 14.2 Å². The third kappa shape index (κ3) is 3.70. The van der Waals surface area contributed by atoms with Crippen molar-refractivity contribution < 1.29 is 17.9 Å². The summed E-state index contributed by atoms with van der Waals surface area (Å²) in [6.45, 7) is 0. The van der Waals surface area contributed by atoms with Crippen LogP contribution in [0, 0.1) is 0 Å². The monoisotopic (exact) mass is 470 g/mol. The lowest BCUT2D eigenvalue weighted by molar-refractivity contribution is 0.355. The zero-order valence-corrected chi connectivity index (χ0v) is 19.5. The zero-order chi connectivity index (χ0) is 23.7. The van der Waals surface area contributed by atoms with Gasteiger partial charge in [-0.25, -0.2) is 17.4 Å². The van der Waals surface area contributed by atoms with Crippen molar-refractivity contribution in [3.63, 3.8) is 0 Å². The Morgan fingerprint density at radius 2 is 1.41 bits per heavy atom. The number of ether oxygens (including phenoxy) is 2. The van der Waals surface area contributed by atoms with Gasteiger partial charge in [-0.05, 0) is 53.1 Å². The highest BCUT2D eigenvalue weighted by atomic mass is 32.2. The van der Waals surface area contributed by atoms with E-state index in [0.717, 1.165) is 27.6 Å². The molecule has 5 rings (SSSR count). The van der Waals surface area contributed by atoms with Gasteiger partial charge in [0.25, 0.3) is 10.0 Å². The van der Waals surface area contributed by atoms with Gasteiger partial charge in [0.05, 0.1) is 19.1 Å². The quantitative estimate of drug-likeness (QED) is 0.322. The van der Waals surface area contributed by atoms with E-state index in [4.69, 9.17) is 9.47 Å². The first-order valence-corrected chi connectivity index (χ1v) is 12.1. The summed E-state index contributed by atoms with van der Waals surface area (Å²) in [5.74, 6) is 1.16. The van der Waals surface area contributed by atoms with Crippen molar-refractivity contribution in [3.05, 3.63) is 97.3 Å². The highest BCUT2D eigenvalue weighted by Gasteiger charge is 2.23. The molecule has 0 unspecified atom stereocenters. The van der Waals surface area contributed by atoms with Crippen molar-refractivity contribution in [2.24, 2.45) is 0 Å². The van der Waals surface area contributed by atoms with E-state index in [1.807, 2.05) is 60.7 Å². The van der Waals surface area contributed by atoms with Crippen molar-refractivity contribution in [1.82, 2.24) is 8.96 Å². The Bertz CT molecular complexity index is 1570. The highest BCUT2D eigenvalue weighted by molar-refractivity contribution is 7.90. The van der Waals surface area contributed by atoms with E-state index < -0.39 is 10.0 Å². The number of benzene rings is 3. The summed E-state index contributed by atoms with van der Waals surface area (Å²) >= 11 is 0. The molecule has 7 heteroatoms. The summed E-state index contributed by atoms with van der Waals surface area (Å²) in [4.78, 5) is 4.58. The van der Waals surface area contributed by atoms with Crippen LogP contribution in [-0.2, 0) is 10.0 Å². The Morgan fingerprint density at radius 1 is 0.735 bits per heavy atom. The fourth-order valence-electron chi connectivity index (χ4n) is 4.01. The maximum Gasteiger partial charge on any atom is 0.269 e. The summed E-state index contributed by atoms with van der Waals surface area (Å²) < 4.78 is 39.3. The topological polar surface area (TPSA) is 70.4 Å². The van der Waals surface area contributed by atoms with Crippen LogP contribution in [0.1, 0.15) is 0 Å². The van der Waals surface area contributed by atoms with Gasteiger partial charge in [-0.2, -0.15) is 0 Å². The van der Waals surface area contributed by atoms with Gasteiger partial charge in [-0.1, -0.05) is 48.5 Å². The molecule has 0 aliphatic rings. The minimum absolute atomic E-state index is 0.189. The number of pyridine rings is 1. The fourth-order valence-corrected chi connectivity index (χ4v) is 5.34. The largest absolute Gasteiger partial charge is 0.493 e. The minimum Gasteiger partial charge on any atom is -0.493 e. The first-order valence-electron chi connectivity index (χ1n) is 10.6. The zero-order valence-electron chi connectivity index (χ0n) is 18.7. The Labute approximate surface area is 198 Å². The maximum absolute atomic E-state index is 13.6. The second-order valence-corrected chi connectivity index (χ2v) is 9.49. The number of aromatic nitrogens is 2. The highest BCUT2D eigenvalue weighted by Crippen LogP contribution is 2.37. The smallest absolute Gasteiger partial charge is 0.269 e. The summed E-state index contributed by atoms with van der Waals surface area (Å²) in [5, 5.41) is 0.721. The van der Waals surface area contributed by atoms with Crippen LogP contribution >= 0.6 is 0 Å². The van der Waals surface area contributed by atoms with Gasteiger partial charge in [-0.15, -0.1) is 0 Å². The van der Waals surface area contributed by atoms with Gasteiger partial charge in [-0.3, -0.25) is 0 Å². The Morgan fingerprint density at radius 3 is 2.12 bits per heavy atom. The second kappa shape index (κ2) is 8.68. The molecule has 0 atom stereocenters. The van der Waals surface area contributed by atoms with Gasteiger partial charge in [0.1, 0.15) is 0 Å². The van der Waals surface area contributed by atoms with E-state index in [9.17, 15) is 8.42 Å². The fraction of sp³-hybridized carbons (Fsp3) is 0.0741. The lowest BCUT2D eigenvalue weighted by Crippen LogP contribution is -2.12. The molecule has 5 aromatic rings. The average Bonchev–Trinajstić information content (AvgIpc) is 3.29. The van der Waals surface area contributed by atoms with Crippen LogP contribution in [0.2, 0.25) is 0 Å². The third-order valence-electron chi connectivity index (χ3n) is 5.74. The normalized spacial score (nSPS) is 11.5. The van der Waals surface area contributed by atoms with Crippen LogP contribution in [0.3, 0.4) is 0 Å². The van der Waals surface area contributed by atoms with Gasteiger partial charge in [0.15, 0.2) is 17.1 Å². The molecule has 0 fully saturated rings. The van der Waals surface area contributed by atoms with Gasteiger partial charge < -0.3 is 9.47 Å². The molecule has 0 radical (unpaired) electrons. The van der Waals surface area contributed by atoms with Gasteiger partial charge in [0.2, 0.25) is 0 Å². The van der Waals surface area contributed by atoms with Gasteiger partial charge in [0, 0.05) is 23.3 Å². The molecule has 2 heterocycles. The lowest BCUT2D eigenvalue weighted by Gasteiger charge is -2.09. The maximum atomic E-state index is 13.6. The number of rotatable bonds is 6. The first-order chi connectivity index (χ1) is 16.5. The molecule has 2 aromatic heterocycles. The molecule has 0 aliphatic heterocycles. The van der Waals surface area contributed by atoms with E-state index in [1.54, 1.807) is 50.9 Å². The summed E-state index contributed by atoms with van der Waals surface area (Å²) in [7, 11) is -0.744. The number of nitrogens with zero attached hydrogens (tertiary/aromatic N) is 2. The van der Waals surface area contributed by atoms with Crippen LogP contribution in [0.15, 0.2) is 102 Å². The SMILES string of the molecule is COc1ccc(-c2cn(S(=O)(=O)c3ccc(-c4ccccc4)cc3)c3ncccc23)cc1OC. The number of methoxy groups -OCH3 is 2. The molecular weight excluding hydrogens is 448 g/mol.